The van der Waals surface area contributed by atoms with Crippen LogP contribution in [0.2, 0.25) is 0 Å². The molecule has 254 valence electrons. The molecule has 1 aromatic rings. The summed E-state index contributed by atoms with van der Waals surface area (Å²) in [5, 5.41) is 18.1. The molecule has 0 amide bonds. The lowest BCUT2D eigenvalue weighted by Gasteiger charge is -2.36. The molecular formula is C40H69N5. The molecule has 0 aliphatic carbocycles. The first kappa shape index (κ1) is 39.9. The number of nitrogens with one attached hydrogen (secondary N) is 5. The van der Waals surface area contributed by atoms with Crippen molar-refractivity contribution in [1.29, 1.82) is 0 Å². The van der Waals surface area contributed by atoms with Gasteiger partial charge in [0.05, 0.1) is 13.1 Å². The van der Waals surface area contributed by atoms with Crippen molar-refractivity contribution in [3.8, 4) is 0 Å². The summed E-state index contributed by atoms with van der Waals surface area (Å²) in [6.45, 7) is 41.0. The van der Waals surface area contributed by atoms with Crippen molar-refractivity contribution in [2.45, 2.75) is 137 Å². The van der Waals surface area contributed by atoms with Crippen LogP contribution in [0.1, 0.15) is 137 Å². The lowest BCUT2D eigenvalue weighted by molar-refractivity contribution is 0.267. The predicted octanol–water partition coefficient (Wildman–Crippen LogP) is 10.5. The van der Waals surface area contributed by atoms with Crippen LogP contribution in [-0.4, -0.2) is 24.2 Å². The molecule has 0 saturated carbocycles. The van der Waals surface area contributed by atoms with E-state index in [9.17, 15) is 0 Å². The van der Waals surface area contributed by atoms with Crippen molar-refractivity contribution in [1.82, 2.24) is 21.3 Å². The SMILES string of the molecule is C=C(CCCCCC)Nc1cc(C(=C)NCC(=C)NC(CC)(CC)CC)cc(C(=C)NCC(=C)NC(CC)(CC)CC(C)C)c1. The normalized spacial score (nSPS) is 11.6. The van der Waals surface area contributed by atoms with Gasteiger partial charge in [0, 0.05) is 45.3 Å². The van der Waals surface area contributed by atoms with Crippen LogP contribution >= 0.6 is 0 Å². The average Bonchev–Trinajstić information content (AvgIpc) is 3.02. The Bertz CT molecular complexity index is 1100. The van der Waals surface area contributed by atoms with E-state index in [4.69, 9.17) is 0 Å². The zero-order valence-corrected chi connectivity index (χ0v) is 30.5. The molecule has 0 aliphatic rings. The van der Waals surface area contributed by atoms with Gasteiger partial charge < -0.3 is 26.6 Å². The number of allylic oxidation sites excluding steroid dienone is 1. The van der Waals surface area contributed by atoms with Crippen LogP contribution in [0, 0.1) is 5.92 Å². The maximum Gasteiger partial charge on any atom is 0.0542 e. The topological polar surface area (TPSA) is 60.1 Å². The van der Waals surface area contributed by atoms with E-state index < -0.39 is 0 Å². The third kappa shape index (κ3) is 13.8. The third-order valence-electron chi connectivity index (χ3n) is 9.38. The second-order valence-electron chi connectivity index (χ2n) is 13.4. The molecule has 0 spiro atoms. The molecule has 5 heteroatoms. The molecule has 0 heterocycles. The zero-order chi connectivity index (χ0) is 34.0. The predicted molar refractivity (Wildman–Crippen MR) is 203 cm³/mol. The molecule has 0 atom stereocenters. The molecule has 0 aliphatic heterocycles. The van der Waals surface area contributed by atoms with Gasteiger partial charge in [-0.1, -0.05) is 108 Å². The molecule has 0 radical (unpaired) electrons. The van der Waals surface area contributed by atoms with Gasteiger partial charge in [-0.25, -0.2) is 0 Å². The summed E-state index contributed by atoms with van der Waals surface area (Å²) < 4.78 is 0. The summed E-state index contributed by atoms with van der Waals surface area (Å²) in [6.07, 6.45) is 12.2. The Kier molecular flexibility index (Phi) is 17.9. The van der Waals surface area contributed by atoms with Crippen molar-refractivity contribution in [2.75, 3.05) is 18.4 Å². The molecular weight excluding hydrogens is 550 g/mol. The van der Waals surface area contributed by atoms with Crippen LogP contribution in [-0.2, 0) is 0 Å². The Morgan fingerprint density at radius 1 is 0.622 bits per heavy atom. The fraction of sp³-hybridized carbons (Fsp3) is 0.600. The summed E-state index contributed by atoms with van der Waals surface area (Å²) in [4.78, 5) is 0. The van der Waals surface area contributed by atoms with Gasteiger partial charge in [-0.2, -0.15) is 0 Å². The van der Waals surface area contributed by atoms with Crippen LogP contribution in [0.5, 0.6) is 0 Å². The van der Waals surface area contributed by atoms with Crippen LogP contribution in [0.15, 0.2) is 68.2 Å². The molecule has 0 saturated heterocycles. The molecule has 45 heavy (non-hydrogen) atoms. The Balaban J connectivity index is 3.11. The largest absolute Gasteiger partial charge is 0.382 e. The number of hydrogen-bond donors (Lipinski definition) is 5. The van der Waals surface area contributed by atoms with E-state index in [-0.39, 0.29) is 11.1 Å². The van der Waals surface area contributed by atoms with Crippen LogP contribution in [0.3, 0.4) is 0 Å². The molecule has 0 fully saturated rings. The Labute approximate surface area is 278 Å². The van der Waals surface area contributed by atoms with Crippen molar-refractivity contribution < 1.29 is 0 Å². The average molecular weight is 620 g/mol. The second-order valence-corrected chi connectivity index (χ2v) is 13.4. The van der Waals surface area contributed by atoms with Gasteiger partial charge in [-0.05, 0) is 86.6 Å². The maximum absolute atomic E-state index is 4.41. The fourth-order valence-electron chi connectivity index (χ4n) is 6.11. The number of hydrogen-bond acceptors (Lipinski definition) is 5. The standard InChI is InChI=1S/C40H69N5/c1-14-20-21-22-23-31(9)43-38-25-36(34(12)41-28-32(10)44-39(15-2,16-3)17-4)24-37(26-38)35(13)42-29-33(11)45-40(18-5,19-6)27-30(7)8/h24-26,30,41-45H,9-23,27-29H2,1-8H3. The minimum absolute atomic E-state index is 0.0656. The van der Waals surface area contributed by atoms with Gasteiger partial charge in [-0.15, -0.1) is 0 Å². The molecule has 0 aromatic heterocycles. The van der Waals surface area contributed by atoms with Crippen molar-refractivity contribution in [3.05, 3.63) is 79.3 Å². The van der Waals surface area contributed by atoms with E-state index in [1.54, 1.807) is 0 Å². The molecule has 0 unspecified atom stereocenters. The van der Waals surface area contributed by atoms with Crippen molar-refractivity contribution >= 4 is 17.1 Å². The fourth-order valence-corrected chi connectivity index (χ4v) is 6.11. The van der Waals surface area contributed by atoms with E-state index in [1.807, 2.05) is 0 Å². The van der Waals surface area contributed by atoms with E-state index in [2.05, 4.69) is 133 Å². The van der Waals surface area contributed by atoms with E-state index in [0.717, 1.165) is 96.7 Å². The highest BCUT2D eigenvalue weighted by Crippen LogP contribution is 2.27. The molecule has 5 N–H and O–H groups in total. The minimum Gasteiger partial charge on any atom is -0.382 e. The number of rotatable bonds is 26. The van der Waals surface area contributed by atoms with Crippen molar-refractivity contribution in [2.24, 2.45) is 5.92 Å². The lowest BCUT2D eigenvalue weighted by Crippen LogP contribution is -2.46. The van der Waals surface area contributed by atoms with Gasteiger partial charge in [0.2, 0.25) is 0 Å². The molecule has 5 nitrogen and oxygen atoms in total. The summed E-state index contributed by atoms with van der Waals surface area (Å²) in [6, 6.07) is 6.41. The summed E-state index contributed by atoms with van der Waals surface area (Å²) >= 11 is 0. The van der Waals surface area contributed by atoms with Crippen molar-refractivity contribution in [3.63, 3.8) is 0 Å². The van der Waals surface area contributed by atoms with E-state index in [1.165, 1.54) is 19.3 Å². The maximum atomic E-state index is 4.41. The zero-order valence-electron chi connectivity index (χ0n) is 30.5. The molecule has 0 bridgehead atoms. The lowest BCUT2D eigenvalue weighted by atomic mass is 9.84. The van der Waals surface area contributed by atoms with Crippen LogP contribution < -0.4 is 26.6 Å². The summed E-state index contributed by atoms with van der Waals surface area (Å²) in [7, 11) is 0. The number of benzene rings is 1. The van der Waals surface area contributed by atoms with E-state index >= 15 is 0 Å². The Hall–Kier alpha value is -3.08. The smallest absolute Gasteiger partial charge is 0.0542 e. The van der Waals surface area contributed by atoms with Gasteiger partial charge in [-0.3, -0.25) is 0 Å². The second kappa shape index (κ2) is 20.1. The van der Waals surface area contributed by atoms with Gasteiger partial charge in [0.25, 0.3) is 0 Å². The quantitative estimate of drug-likeness (QED) is 0.0668. The monoisotopic (exact) mass is 620 g/mol. The minimum atomic E-state index is 0.0656. The summed E-state index contributed by atoms with van der Waals surface area (Å²) in [5.74, 6) is 0.616. The number of unbranched alkanes of at least 4 members (excludes halogenated alkanes) is 3. The van der Waals surface area contributed by atoms with Crippen LogP contribution in [0.25, 0.3) is 11.4 Å². The highest BCUT2D eigenvalue weighted by atomic mass is 15.0. The highest BCUT2D eigenvalue weighted by molar-refractivity contribution is 5.74. The van der Waals surface area contributed by atoms with Crippen LogP contribution in [0.4, 0.5) is 5.69 Å². The van der Waals surface area contributed by atoms with Gasteiger partial charge in [0.1, 0.15) is 0 Å². The first-order valence-electron chi connectivity index (χ1n) is 17.7. The number of anilines is 1. The molecule has 1 rings (SSSR count). The van der Waals surface area contributed by atoms with Gasteiger partial charge >= 0.3 is 0 Å². The first-order chi connectivity index (χ1) is 21.3. The third-order valence-corrected chi connectivity index (χ3v) is 9.38. The Morgan fingerprint density at radius 2 is 1.09 bits per heavy atom. The Morgan fingerprint density at radius 3 is 1.51 bits per heavy atom. The molecule has 1 aromatic carbocycles. The first-order valence-corrected chi connectivity index (χ1v) is 17.7. The van der Waals surface area contributed by atoms with Gasteiger partial charge in [0.15, 0.2) is 0 Å². The summed E-state index contributed by atoms with van der Waals surface area (Å²) in [5.41, 5.74) is 7.80. The highest BCUT2D eigenvalue weighted by Gasteiger charge is 2.27. The van der Waals surface area contributed by atoms with E-state index in [0.29, 0.717) is 19.0 Å².